The van der Waals surface area contributed by atoms with Crippen LogP contribution in [-0.2, 0) is 14.4 Å². The van der Waals surface area contributed by atoms with Gasteiger partial charge in [0.25, 0.3) is 5.91 Å². The number of carbonyl (C=O) groups excluding carboxylic acids is 1. The van der Waals surface area contributed by atoms with E-state index in [1.54, 1.807) is 18.2 Å². The van der Waals surface area contributed by atoms with Gasteiger partial charge in [-0.1, -0.05) is 24.8 Å². The summed E-state index contributed by atoms with van der Waals surface area (Å²) in [5, 5.41) is 21.0. The van der Waals surface area contributed by atoms with Crippen LogP contribution in [0.1, 0.15) is 6.92 Å². The molecule has 2 aliphatic rings. The number of hydrogen-bond donors (Lipinski definition) is 2. The third-order valence-corrected chi connectivity index (χ3v) is 3.16. The highest BCUT2D eigenvalue weighted by Crippen LogP contribution is 2.37. The van der Waals surface area contributed by atoms with Crippen LogP contribution in [0.3, 0.4) is 0 Å². The SMILES string of the molecule is C=C1C2=C(C(=O)N1OC)[C@H](O)[C@@H](O)[C@H](/C=C/C=C/C)O2. The normalized spacial score (nSPS) is 30.6. The van der Waals surface area contributed by atoms with Crippen LogP contribution in [-0.4, -0.2) is 46.6 Å². The van der Waals surface area contributed by atoms with Crippen LogP contribution in [0.5, 0.6) is 0 Å². The number of hydroxylamine groups is 2. The number of carbonyl (C=O) groups is 1. The highest BCUT2D eigenvalue weighted by Gasteiger charge is 2.48. The molecule has 0 saturated carbocycles. The summed E-state index contributed by atoms with van der Waals surface area (Å²) in [6, 6.07) is 0. The topological polar surface area (TPSA) is 79.2 Å². The molecule has 2 N–H and O–H groups in total. The number of amides is 1. The molecule has 3 atom stereocenters. The fourth-order valence-corrected chi connectivity index (χ4v) is 2.16. The number of nitrogens with zero attached hydrogens (tertiary/aromatic N) is 1. The molecule has 0 radical (unpaired) electrons. The largest absolute Gasteiger partial charge is 0.481 e. The Morgan fingerprint density at radius 2 is 2.10 bits per heavy atom. The Bertz CT molecular complexity index is 520. The number of aliphatic hydroxyl groups is 2. The van der Waals surface area contributed by atoms with Crippen LogP contribution in [0.2, 0.25) is 0 Å². The summed E-state index contributed by atoms with van der Waals surface area (Å²) >= 11 is 0. The van der Waals surface area contributed by atoms with Gasteiger partial charge in [-0.15, -0.1) is 0 Å². The van der Waals surface area contributed by atoms with E-state index in [1.165, 1.54) is 7.11 Å². The van der Waals surface area contributed by atoms with Gasteiger partial charge in [-0.3, -0.25) is 9.63 Å². The summed E-state index contributed by atoms with van der Waals surface area (Å²) in [7, 11) is 1.31. The second-order valence-corrected chi connectivity index (χ2v) is 4.40. The molecule has 0 fully saturated rings. The van der Waals surface area contributed by atoms with E-state index in [2.05, 4.69) is 6.58 Å². The quantitative estimate of drug-likeness (QED) is 0.732. The van der Waals surface area contributed by atoms with E-state index in [1.807, 2.05) is 13.0 Å². The van der Waals surface area contributed by atoms with Crippen LogP contribution < -0.4 is 0 Å². The predicted molar refractivity (Wildman–Crippen MR) is 70.9 cm³/mol. The third-order valence-electron chi connectivity index (χ3n) is 3.16. The molecule has 2 rings (SSSR count). The molecule has 2 aliphatic heterocycles. The molecule has 0 bridgehead atoms. The molecule has 2 heterocycles. The molecule has 0 saturated heterocycles. The lowest BCUT2D eigenvalue weighted by Gasteiger charge is -2.30. The summed E-state index contributed by atoms with van der Waals surface area (Å²) < 4.78 is 5.56. The Morgan fingerprint density at radius 3 is 2.70 bits per heavy atom. The zero-order valence-corrected chi connectivity index (χ0v) is 11.3. The van der Waals surface area contributed by atoms with Crippen LogP contribution in [0.25, 0.3) is 0 Å². The van der Waals surface area contributed by atoms with Crippen molar-refractivity contribution in [2.24, 2.45) is 0 Å². The average molecular weight is 279 g/mol. The van der Waals surface area contributed by atoms with Gasteiger partial charge in [0.15, 0.2) is 5.76 Å². The van der Waals surface area contributed by atoms with Gasteiger partial charge < -0.3 is 14.9 Å². The Hall–Kier alpha value is -1.89. The lowest BCUT2D eigenvalue weighted by atomic mass is 9.96. The molecule has 0 aromatic heterocycles. The number of hydrogen-bond acceptors (Lipinski definition) is 5. The third kappa shape index (κ3) is 2.18. The second kappa shape index (κ2) is 5.62. The van der Waals surface area contributed by atoms with Gasteiger partial charge in [-0.2, -0.15) is 5.06 Å². The fraction of sp³-hybridized carbons (Fsp3) is 0.357. The highest BCUT2D eigenvalue weighted by atomic mass is 16.7. The molecule has 0 aromatic rings. The van der Waals surface area contributed by atoms with E-state index in [9.17, 15) is 15.0 Å². The lowest BCUT2D eigenvalue weighted by Crippen LogP contribution is -2.44. The zero-order valence-electron chi connectivity index (χ0n) is 11.3. The molecule has 0 aromatic carbocycles. The molecule has 6 heteroatoms. The summed E-state index contributed by atoms with van der Waals surface area (Å²) in [5.41, 5.74) is 0.183. The minimum absolute atomic E-state index is 0.0277. The first-order valence-corrected chi connectivity index (χ1v) is 6.17. The van der Waals surface area contributed by atoms with Crippen molar-refractivity contribution in [2.75, 3.05) is 7.11 Å². The van der Waals surface area contributed by atoms with Crippen LogP contribution in [0.15, 0.2) is 47.9 Å². The van der Waals surface area contributed by atoms with Crippen molar-refractivity contribution in [3.63, 3.8) is 0 Å². The van der Waals surface area contributed by atoms with Crippen molar-refractivity contribution < 1.29 is 24.6 Å². The Kier molecular flexibility index (Phi) is 4.08. The maximum atomic E-state index is 12.0. The van der Waals surface area contributed by atoms with E-state index >= 15 is 0 Å². The Labute approximate surface area is 116 Å². The predicted octanol–water partition coefficient (Wildman–Crippen LogP) is 0.411. The molecule has 0 aliphatic carbocycles. The maximum absolute atomic E-state index is 12.0. The van der Waals surface area contributed by atoms with Gasteiger partial charge in [0.1, 0.15) is 24.0 Å². The van der Waals surface area contributed by atoms with E-state index in [0.717, 1.165) is 5.06 Å². The van der Waals surface area contributed by atoms with Crippen molar-refractivity contribution in [1.29, 1.82) is 0 Å². The smallest absolute Gasteiger partial charge is 0.284 e. The number of allylic oxidation sites excluding steroid dienone is 3. The Morgan fingerprint density at radius 1 is 1.40 bits per heavy atom. The van der Waals surface area contributed by atoms with E-state index in [4.69, 9.17) is 9.57 Å². The minimum atomic E-state index is -1.34. The molecular weight excluding hydrogens is 262 g/mol. The molecule has 108 valence electrons. The summed E-state index contributed by atoms with van der Waals surface area (Å²) in [4.78, 5) is 16.9. The number of ether oxygens (including phenoxy) is 1. The minimum Gasteiger partial charge on any atom is -0.481 e. The molecule has 0 unspecified atom stereocenters. The maximum Gasteiger partial charge on any atom is 0.284 e. The van der Waals surface area contributed by atoms with Crippen LogP contribution in [0.4, 0.5) is 0 Å². The van der Waals surface area contributed by atoms with Gasteiger partial charge in [-0.05, 0) is 13.0 Å². The molecule has 1 amide bonds. The average Bonchev–Trinajstić information content (AvgIpc) is 2.67. The second-order valence-electron chi connectivity index (χ2n) is 4.40. The van der Waals surface area contributed by atoms with Crippen molar-refractivity contribution in [2.45, 2.75) is 25.2 Å². The van der Waals surface area contributed by atoms with Crippen molar-refractivity contribution in [3.05, 3.63) is 47.9 Å². The molecule has 0 spiro atoms. The zero-order chi connectivity index (χ0) is 14.9. The standard InChI is InChI=1S/C14H17NO5/c1-4-5-6-7-9-11(16)12(17)10-13(20-9)8(2)15(19-3)14(10)18/h4-7,9,11-12,16-17H,2H2,1,3H3/b5-4+,7-6+/t9-,11-,12-/m0/s1. The fourth-order valence-electron chi connectivity index (χ4n) is 2.16. The first-order valence-electron chi connectivity index (χ1n) is 6.17. The first-order chi connectivity index (χ1) is 9.52. The lowest BCUT2D eigenvalue weighted by molar-refractivity contribution is -0.159. The molecule has 6 nitrogen and oxygen atoms in total. The van der Waals surface area contributed by atoms with E-state index in [0.29, 0.717) is 0 Å². The van der Waals surface area contributed by atoms with Crippen LogP contribution >= 0.6 is 0 Å². The van der Waals surface area contributed by atoms with Gasteiger partial charge in [0, 0.05) is 0 Å². The summed E-state index contributed by atoms with van der Waals surface area (Å²) in [5.74, 6) is -0.417. The van der Waals surface area contributed by atoms with Gasteiger partial charge in [0.2, 0.25) is 0 Å². The van der Waals surface area contributed by atoms with Crippen molar-refractivity contribution in [1.82, 2.24) is 5.06 Å². The van der Waals surface area contributed by atoms with E-state index < -0.39 is 24.2 Å². The first kappa shape index (κ1) is 14.5. The molecule has 20 heavy (non-hydrogen) atoms. The van der Waals surface area contributed by atoms with E-state index in [-0.39, 0.29) is 17.0 Å². The van der Waals surface area contributed by atoms with Gasteiger partial charge in [-0.25, -0.2) is 0 Å². The van der Waals surface area contributed by atoms with Crippen molar-refractivity contribution >= 4 is 5.91 Å². The summed E-state index contributed by atoms with van der Waals surface area (Å²) in [6.45, 7) is 5.55. The summed E-state index contributed by atoms with van der Waals surface area (Å²) in [6.07, 6.45) is 3.54. The monoisotopic (exact) mass is 279 g/mol. The highest BCUT2D eigenvalue weighted by molar-refractivity contribution is 6.00. The number of rotatable bonds is 3. The van der Waals surface area contributed by atoms with Crippen LogP contribution in [0, 0.1) is 0 Å². The Balaban J connectivity index is 2.32. The van der Waals surface area contributed by atoms with Gasteiger partial charge in [0.05, 0.1) is 12.7 Å². The van der Waals surface area contributed by atoms with Gasteiger partial charge >= 0.3 is 0 Å². The molecular formula is C14H17NO5. The number of aliphatic hydroxyl groups excluding tert-OH is 2. The van der Waals surface area contributed by atoms with Crippen molar-refractivity contribution in [3.8, 4) is 0 Å².